The van der Waals surface area contributed by atoms with Gasteiger partial charge in [-0.15, -0.1) is 0 Å². The minimum Gasteiger partial charge on any atom is -0.478 e. The maximum atomic E-state index is 12.2. The van der Waals surface area contributed by atoms with Crippen LogP contribution in [-0.4, -0.2) is 37.6 Å². The Morgan fingerprint density at radius 1 is 1.22 bits per heavy atom. The number of aromatic carboxylic acids is 1. The number of nitrogens with one attached hydrogen (secondary N) is 2. The molecule has 3 N–H and O–H groups in total. The maximum Gasteiger partial charge on any atom is 0.335 e. The predicted molar refractivity (Wildman–Crippen MR) is 86.3 cm³/mol. The lowest BCUT2D eigenvalue weighted by atomic mass is 10.2. The third kappa shape index (κ3) is 4.65. The second-order valence-corrected chi connectivity index (χ2v) is 6.63. The summed E-state index contributed by atoms with van der Waals surface area (Å²) in [5.74, 6) is -0.604. The molecule has 1 aromatic carbocycles. The highest BCUT2D eigenvalue weighted by atomic mass is 35.5. The lowest BCUT2D eigenvalue weighted by Crippen LogP contribution is -2.29. The number of carboxylic acid groups (broad SMARTS) is 1. The Hall–Kier alpha value is -2.16. The van der Waals surface area contributed by atoms with Gasteiger partial charge in [-0.1, -0.05) is 17.7 Å². The van der Waals surface area contributed by atoms with Crippen LogP contribution in [0.25, 0.3) is 0 Å². The van der Waals surface area contributed by atoms with E-state index in [1.807, 2.05) is 0 Å². The molecular weight excluding hydrogens is 342 g/mol. The lowest BCUT2D eigenvalue weighted by Gasteiger charge is -2.10. The van der Waals surface area contributed by atoms with Gasteiger partial charge in [-0.2, -0.15) is 0 Å². The van der Waals surface area contributed by atoms with Gasteiger partial charge in [-0.3, -0.25) is 0 Å². The number of carboxylic acids is 1. The van der Waals surface area contributed by atoms with E-state index in [1.165, 1.54) is 12.1 Å². The van der Waals surface area contributed by atoms with Crippen LogP contribution in [0.15, 0.2) is 47.5 Å². The van der Waals surface area contributed by atoms with Crippen molar-refractivity contribution in [1.29, 1.82) is 0 Å². The van der Waals surface area contributed by atoms with Crippen LogP contribution in [0.3, 0.4) is 0 Å². The van der Waals surface area contributed by atoms with Crippen molar-refractivity contribution in [2.24, 2.45) is 0 Å². The standard InChI is InChI=1S/C14H14ClN3O4S/c15-11-5-4-10(14(19)20)9-12(11)23(21,22)18-8-7-17-13-3-1-2-6-16-13/h1-6,9,18H,7-8H2,(H,16,17)(H,19,20). The molecule has 0 aliphatic carbocycles. The molecule has 9 heteroatoms. The van der Waals surface area contributed by atoms with Gasteiger partial charge in [0, 0.05) is 19.3 Å². The van der Waals surface area contributed by atoms with Crippen LogP contribution in [0.1, 0.15) is 10.4 Å². The Kier molecular flexibility index (Phi) is 5.54. The van der Waals surface area contributed by atoms with E-state index in [0.717, 1.165) is 6.07 Å². The van der Waals surface area contributed by atoms with E-state index in [4.69, 9.17) is 16.7 Å². The van der Waals surface area contributed by atoms with Crippen LogP contribution in [0.2, 0.25) is 5.02 Å². The smallest absolute Gasteiger partial charge is 0.335 e. The Balaban J connectivity index is 2.01. The molecule has 0 unspecified atom stereocenters. The number of rotatable bonds is 7. The SMILES string of the molecule is O=C(O)c1ccc(Cl)c(S(=O)(=O)NCCNc2ccccn2)c1. The number of nitrogens with zero attached hydrogens (tertiary/aromatic N) is 1. The summed E-state index contributed by atoms with van der Waals surface area (Å²) in [5, 5.41) is 11.8. The van der Waals surface area contributed by atoms with Gasteiger partial charge in [0.2, 0.25) is 10.0 Å². The molecule has 1 heterocycles. The molecule has 0 saturated carbocycles. The van der Waals surface area contributed by atoms with Gasteiger partial charge in [0.1, 0.15) is 10.7 Å². The zero-order chi connectivity index (χ0) is 16.9. The number of hydrogen-bond acceptors (Lipinski definition) is 5. The number of pyridine rings is 1. The topological polar surface area (TPSA) is 108 Å². The fourth-order valence-electron chi connectivity index (χ4n) is 1.76. The van der Waals surface area contributed by atoms with Crippen LogP contribution < -0.4 is 10.0 Å². The van der Waals surface area contributed by atoms with Gasteiger partial charge < -0.3 is 10.4 Å². The molecule has 0 saturated heterocycles. The molecule has 0 atom stereocenters. The second kappa shape index (κ2) is 7.40. The molecule has 0 radical (unpaired) electrons. The highest BCUT2D eigenvalue weighted by Gasteiger charge is 2.19. The van der Waals surface area contributed by atoms with Crippen LogP contribution in [0.4, 0.5) is 5.82 Å². The largest absolute Gasteiger partial charge is 0.478 e. The quantitative estimate of drug-likeness (QED) is 0.654. The third-order valence-corrected chi connectivity index (χ3v) is 4.80. The second-order valence-electron chi connectivity index (χ2n) is 4.49. The number of hydrogen-bond donors (Lipinski definition) is 3. The van der Waals surface area contributed by atoms with Crippen molar-refractivity contribution < 1.29 is 18.3 Å². The maximum absolute atomic E-state index is 12.2. The number of carbonyl (C=O) groups is 1. The fraction of sp³-hybridized carbons (Fsp3) is 0.143. The zero-order valence-electron chi connectivity index (χ0n) is 11.9. The summed E-state index contributed by atoms with van der Waals surface area (Å²) in [5.41, 5.74) is -0.151. The first-order chi connectivity index (χ1) is 10.9. The molecular formula is C14H14ClN3O4S. The molecule has 23 heavy (non-hydrogen) atoms. The Labute approximate surface area is 138 Å². The molecule has 2 aromatic rings. The minimum absolute atomic E-state index is 0.0415. The summed E-state index contributed by atoms with van der Waals surface area (Å²) in [6.07, 6.45) is 1.61. The Morgan fingerprint density at radius 2 is 2.00 bits per heavy atom. The van der Waals surface area contributed by atoms with Crippen LogP contribution >= 0.6 is 11.6 Å². The summed E-state index contributed by atoms with van der Waals surface area (Å²) in [7, 11) is -3.91. The molecule has 0 fully saturated rings. The average molecular weight is 356 g/mol. The van der Waals surface area contributed by atoms with Crippen molar-refractivity contribution in [2.45, 2.75) is 4.90 Å². The van der Waals surface area contributed by atoms with Crippen molar-refractivity contribution in [3.8, 4) is 0 Å². The molecule has 122 valence electrons. The fourth-order valence-corrected chi connectivity index (χ4v) is 3.32. The van der Waals surface area contributed by atoms with E-state index >= 15 is 0 Å². The van der Waals surface area contributed by atoms with Crippen LogP contribution in [0.5, 0.6) is 0 Å². The molecule has 0 amide bonds. The van der Waals surface area contributed by atoms with Gasteiger partial charge in [-0.05, 0) is 30.3 Å². The van der Waals surface area contributed by atoms with Crippen molar-refractivity contribution >= 4 is 33.4 Å². The summed E-state index contributed by atoms with van der Waals surface area (Å²) < 4.78 is 26.8. The first-order valence-electron chi connectivity index (χ1n) is 6.57. The minimum atomic E-state index is -3.91. The lowest BCUT2D eigenvalue weighted by molar-refractivity contribution is 0.0696. The van der Waals surface area contributed by atoms with Gasteiger partial charge in [0.25, 0.3) is 0 Å². The van der Waals surface area contributed by atoms with Gasteiger partial charge in [0.05, 0.1) is 10.6 Å². The van der Waals surface area contributed by atoms with Crippen molar-refractivity contribution in [1.82, 2.24) is 9.71 Å². The zero-order valence-corrected chi connectivity index (χ0v) is 13.4. The molecule has 0 aliphatic heterocycles. The average Bonchev–Trinajstić information content (AvgIpc) is 2.52. The third-order valence-electron chi connectivity index (χ3n) is 2.86. The Bertz CT molecular complexity index is 797. The molecule has 1 aromatic heterocycles. The number of benzene rings is 1. The predicted octanol–water partition coefficient (Wildman–Crippen LogP) is 1.82. The number of halogens is 1. The summed E-state index contributed by atoms with van der Waals surface area (Å²) in [4.78, 5) is 14.7. The van der Waals surface area contributed by atoms with E-state index in [0.29, 0.717) is 12.4 Å². The number of aromatic nitrogens is 1. The summed E-state index contributed by atoms with van der Waals surface area (Å²) in [6.45, 7) is 0.402. The van der Waals surface area contributed by atoms with Crippen molar-refractivity contribution in [3.63, 3.8) is 0 Å². The van der Waals surface area contributed by atoms with E-state index in [-0.39, 0.29) is 22.0 Å². The van der Waals surface area contributed by atoms with E-state index in [2.05, 4.69) is 15.0 Å². The van der Waals surface area contributed by atoms with Crippen molar-refractivity contribution in [3.05, 3.63) is 53.2 Å². The molecule has 2 rings (SSSR count). The van der Waals surface area contributed by atoms with Crippen LogP contribution in [0, 0.1) is 0 Å². The highest BCUT2D eigenvalue weighted by molar-refractivity contribution is 7.89. The molecule has 0 aliphatic rings. The molecule has 0 spiro atoms. The van der Waals surface area contributed by atoms with Crippen LogP contribution in [-0.2, 0) is 10.0 Å². The number of anilines is 1. The monoisotopic (exact) mass is 355 g/mol. The highest BCUT2D eigenvalue weighted by Crippen LogP contribution is 2.22. The van der Waals surface area contributed by atoms with Gasteiger partial charge in [0.15, 0.2) is 0 Å². The molecule has 7 nitrogen and oxygen atoms in total. The Morgan fingerprint density at radius 3 is 2.65 bits per heavy atom. The summed E-state index contributed by atoms with van der Waals surface area (Å²) >= 11 is 5.86. The van der Waals surface area contributed by atoms with E-state index < -0.39 is 16.0 Å². The first-order valence-corrected chi connectivity index (χ1v) is 8.44. The van der Waals surface area contributed by atoms with Gasteiger partial charge in [-0.25, -0.2) is 22.9 Å². The first kappa shape index (κ1) is 17.2. The number of sulfonamides is 1. The molecule has 0 bridgehead atoms. The van der Waals surface area contributed by atoms with E-state index in [9.17, 15) is 13.2 Å². The summed E-state index contributed by atoms with van der Waals surface area (Å²) in [6, 6.07) is 8.83. The normalized spacial score (nSPS) is 11.2. The van der Waals surface area contributed by atoms with Gasteiger partial charge >= 0.3 is 5.97 Å². The van der Waals surface area contributed by atoms with Crippen molar-refractivity contribution in [2.75, 3.05) is 18.4 Å². The van der Waals surface area contributed by atoms with E-state index in [1.54, 1.807) is 24.4 Å².